The van der Waals surface area contributed by atoms with E-state index in [0.717, 1.165) is 6.42 Å². The van der Waals surface area contributed by atoms with Crippen LogP contribution in [0.2, 0.25) is 0 Å². The highest BCUT2D eigenvalue weighted by Gasteiger charge is 2.26. The molecule has 5 heteroatoms. The summed E-state index contributed by atoms with van der Waals surface area (Å²) in [5.74, 6) is -0.248. The summed E-state index contributed by atoms with van der Waals surface area (Å²) in [6.45, 7) is 0. The first-order valence-electron chi connectivity index (χ1n) is 5.21. The van der Waals surface area contributed by atoms with Crippen LogP contribution >= 0.6 is 0 Å². The second-order valence-corrected chi connectivity index (χ2v) is 3.95. The van der Waals surface area contributed by atoms with E-state index in [2.05, 4.69) is 0 Å². The number of ether oxygens (including phenoxy) is 1. The first-order valence-corrected chi connectivity index (χ1v) is 5.21. The summed E-state index contributed by atoms with van der Waals surface area (Å²) in [6.07, 6.45) is 1.41. The Kier molecular flexibility index (Phi) is 3.14. The molecule has 2 atom stereocenters. The second-order valence-electron chi connectivity index (χ2n) is 3.95. The van der Waals surface area contributed by atoms with Crippen LogP contribution in [-0.2, 0) is 0 Å². The van der Waals surface area contributed by atoms with Gasteiger partial charge in [0.2, 0.25) is 0 Å². The van der Waals surface area contributed by atoms with Crippen molar-refractivity contribution in [1.29, 1.82) is 0 Å². The molecule has 0 amide bonds. The van der Waals surface area contributed by atoms with Gasteiger partial charge in [0, 0.05) is 28.6 Å². The maximum absolute atomic E-state index is 13.0. The minimum Gasteiger partial charge on any atom is -0.483 e. The van der Waals surface area contributed by atoms with Crippen LogP contribution in [0.4, 0.5) is 10.1 Å². The van der Waals surface area contributed by atoms with Crippen molar-refractivity contribution in [2.45, 2.75) is 31.5 Å². The van der Waals surface area contributed by atoms with Gasteiger partial charge in [-0.15, -0.1) is 0 Å². The van der Waals surface area contributed by atoms with E-state index in [-0.39, 0.29) is 23.6 Å². The van der Waals surface area contributed by atoms with Crippen LogP contribution in [0.3, 0.4) is 0 Å². The fourth-order valence-corrected chi connectivity index (χ4v) is 1.88. The maximum Gasteiger partial charge on any atom is 0.295 e. The number of halogens is 1. The molecule has 1 fully saturated rings. The lowest BCUT2D eigenvalue weighted by Gasteiger charge is -2.12. The molecule has 0 bridgehead atoms. The normalized spacial score (nSPS) is 24.4. The van der Waals surface area contributed by atoms with E-state index in [1.165, 1.54) is 18.2 Å². The summed E-state index contributed by atoms with van der Waals surface area (Å²) >= 11 is 0. The first kappa shape index (κ1) is 11.0. The van der Waals surface area contributed by atoms with Gasteiger partial charge in [0.25, 0.3) is 5.69 Å². The van der Waals surface area contributed by atoms with Crippen molar-refractivity contribution < 1.29 is 19.4 Å². The Balaban J connectivity index is 2.13. The Morgan fingerprint density at radius 3 is 2.88 bits per heavy atom. The Hall–Kier alpha value is -1.49. The molecule has 2 unspecified atom stereocenters. The number of aliphatic hydroxyl groups is 1. The van der Waals surface area contributed by atoms with Gasteiger partial charge >= 0.3 is 0 Å². The number of benzene rings is 1. The van der Waals surface area contributed by atoms with Gasteiger partial charge in [-0.1, -0.05) is 0 Å². The number of rotatable bonds is 3. The summed E-state index contributed by atoms with van der Waals surface area (Å²) in [5, 5.41) is 11.0. The Morgan fingerprint density at radius 1 is 1.44 bits per heavy atom. The average molecular weight is 226 g/mol. The van der Waals surface area contributed by atoms with Gasteiger partial charge in [0.05, 0.1) is 6.10 Å². The van der Waals surface area contributed by atoms with Crippen molar-refractivity contribution in [3.05, 3.63) is 28.9 Å². The fraction of sp³-hybridized carbons (Fsp3) is 0.455. The van der Waals surface area contributed by atoms with Gasteiger partial charge in [-0.25, -0.2) is 4.39 Å². The standard InChI is InChI=1S/C11H12FNO3/c12-7-1-4-10(13-15)11(5-7)16-9-3-2-8(14)6-9/h1,4-5,8-9,14H,2-3,6H2/p+1. The highest BCUT2D eigenvalue weighted by molar-refractivity contribution is 5.45. The monoisotopic (exact) mass is 226 g/mol. The predicted octanol–water partition coefficient (Wildman–Crippen LogP) is 0.596. The summed E-state index contributed by atoms with van der Waals surface area (Å²) in [7, 11) is 0. The number of nitrogens with one attached hydrogen (secondary N) is 1. The zero-order valence-corrected chi connectivity index (χ0v) is 8.65. The van der Waals surface area contributed by atoms with Crippen molar-refractivity contribution in [3.63, 3.8) is 0 Å². The summed E-state index contributed by atoms with van der Waals surface area (Å²) in [4.78, 5) is 10.6. The number of hydrogen-bond acceptors (Lipinski definition) is 3. The topological polar surface area (TPSA) is 60.5 Å². The van der Waals surface area contributed by atoms with Gasteiger partial charge in [-0.2, -0.15) is 0 Å². The number of hydrogen-bond donors (Lipinski definition) is 2. The van der Waals surface area contributed by atoms with Crippen LogP contribution in [0.25, 0.3) is 0 Å². The van der Waals surface area contributed by atoms with E-state index in [4.69, 9.17) is 4.74 Å². The van der Waals surface area contributed by atoms with Crippen molar-refractivity contribution >= 4 is 5.69 Å². The fourth-order valence-electron chi connectivity index (χ4n) is 1.88. The third-order valence-electron chi connectivity index (χ3n) is 2.70. The molecular weight excluding hydrogens is 213 g/mol. The van der Waals surface area contributed by atoms with Crippen LogP contribution in [-0.4, -0.2) is 17.3 Å². The zero-order chi connectivity index (χ0) is 11.5. The van der Waals surface area contributed by atoms with E-state index in [1.54, 1.807) is 5.18 Å². The van der Waals surface area contributed by atoms with Crippen LogP contribution in [0.1, 0.15) is 19.3 Å². The van der Waals surface area contributed by atoms with Gasteiger partial charge in [0.1, 0.15) is 11.9 Å². The maximum atomic E-state index is 13.0. The molecule has 0 spiro atoms. The molecule has 0 saturated heterocycles. The largest absolute Gasteiger partial charge is 0.483 e. The lowest BCUT2D eigenvalue weighted by molar-refractivity contribution is -0.380. The molecule has 0 aliphatic heterocycles. The molecular formula is C11H13FNO3+. The molecule has 16 heavy (non-hydrogen) atoms. The van der Waals surface area contributed by atoms with Crippen molar-refractivity contribution in [2.75, 3.05) is 0 Å². The minimum absolute atomic E-state index is 0.149. The molecule has 1 aliphatic rings. The van der Waals surface area contributed by atoms with E-state index in [0.29, 0.717) is 12.8 Å². The van der Waals surface area contributed by atoms with Crippen LogP contribution in [0, 0.1) is 10.7 Å². The van der Waals surface area contributed by atoms with Gasteiger partial charge < -0.3 is 9.84 Å². The molecule has 1 saturated carbocycles. The van der Waals surface area contributed by atoms with E-state index >= 15 is 0 Å². The first-order chi connectivity index (χ1) is 7.69. The molecule has 0 radical (unpaired) electrons. The lowest BCUT2D eigenvalue weighted by atomic mass is 10.2. The molecule has 4 nitrogen and oxygen atoms in total. The molecule has 1 aromatic carbocycles. The summed E-state index contributed by atoms with van der Waals surface area (Å²) in [5.41, 5.74) is 0.211. The minimum atomic E-state index is -0.451. The summed E-state index contributed by atoms with van der Waals surface area (Å²) < 4.78 is 18.5. The van der Waals surface area contributed by atoms with Crippen LogP contribution in [0.15, 0.2) is 18.2 Å². The van der Waals surface area contributed by atoms with Crippen molar-refractivity contribution in [3.8, 4) is 5.75 Å². The van der Waals surface area contributed by atoms with Crippen LogP contribution < -0.4 is 9.91 Å². The van der Waals surface area contributed by atoms with E-state index in [9.17, 15) is 14.4 Å². The second kappa shape index (κ2) is 4.57. The number of nitroso groups, excluding NO2 is 1. The van der Waals surface area contributed by atoms with Crippen LogP contribution in [0.5, 0.6) is 5.75 Å². The Morgan fingerprint density at radius 2 is 2.25 bits per heavy atom. The van der Waals surface area contributed by atoms with E-state index in [1.807, 2.05) is 0 Å². The third-order valence-corrected chi connectivity index (χ3v) is 2.70. The van der Waals surface area contributed by atoms with Gasteiger partial charge in [-0.05, 0) is 18.9 Å². The molecule has 1 aliphatic carbocycles. The SMILES string of the molecule is O=[NH+]c1ccc(F)cc1OC1CCC(O)C1. The smallest absolute Gasteiger partial charge is 0.295 e. The highest BCUT2D eigenvalue weighted by Crippen LogP contribution is 2.28. The highest BCUT2D eigenvalue weighted by atomic mass is 19.1. The van der Waals surface area contributed by atoms with Crippen molar-refractivity contribution in [1.82, 2.24) is 0 Å². The Labute approximate surface area is 92.0 Å². The van der Waals surface area contributed by atoms with Gasteiger partial charge in [-0.3, -0.25) is 0 Å². The lowest BCUT2D eigenvalue weighted by Crippen LogP contribution is -2.56. The predicted molar refractivity (Wildman–Crippen MR) is 54.7 cm³/mol. The van der Waals surface area contributed by atoms with E-state index < -0.39 is 5.82 Å². The third kappa shape index (κ3) is 2.36. The molecule has 1 aromatic rings. The Bertz CT molecular complexity index is 397. The molecule has 2 rings (SSSR count). The van der Waals surface area contributed by atoms with Crippen molar-refractivity contribution in [2.24, 2.45) is 0 Å². The summed E-state index contributed by atoms with van der Waals surface area (Å²) in [6, 6.07) is 3.70. The van der Waals surface area contributed by atoms with Gasteiger partial charge in [0.15, 0.2) is 5.75 Å². The number of aliphatic hydroxyl groups excluding tert-OH is 1. The molecule has 0 heterocycles. The zero-order valence-electron chi connectivity index (χ0n) is 8.65. The quantitative estimate of drug-likeness (QED) is 0.793. The molecule has 2 N–H and O–H groups in total. The molecule has 0 aromatic heterocycles. The molecule has 86 valence electrons. The average Bonchev–Trinajstić information content (AvgIpc) is 2.64.